The molecule has 7 heteroatoms. The van der Waals surface area contributed by atoms with Crippen LogP contribution < -0.4 is 5.32 Å². The molecule has 2 N–H and O–H groups in total. The summed E-state index contributed by atoms with van der Waals surface area (Å²) in [4.78, 5) is 15.2. The van der Waals surface area contributed by atoms with Crippen molar-refractivity contribution >= 4 is 29.7 Å². The number of hydrogen-bond acceptors (Lipinski definition) is 4. The first-order valence-electron chi connectivity index (χ1n) is 6.33. The second-order valence-electron chi connectivity index (χ2n) is 4.71. The lowest BCUT2D eigenvalue weighted by atomic mass is 10.2. The average molecular weight is 313 g/mol. The summed E-state index contributed by atoms with van der Waals surface area (Å²) in [6, 6.07) is 6.09. The van der Waals surface area contributed by atoms with E-state index in [1.807, 2.05) is 30.6 Å². The highest BCUT2D eigenvalue weighted by atomic mass is 35.5. The molecule has 108 valence electrons. The largest absolute Gasteiger partial charge is 0.336 e. The van der Waals surface area contributed by atoms with E-state index in [1.54, 1.807) is 16.2 Å². The third-order valence-corrected chi connectivity index (χ3v) is 4.39. The normalized spacial score (nSPS) is 17.8. The van der Waals surface area contributed by atoms with Crippen molar-refractivity contribution in [1.82, 2.24) is 20.4 Å². The lowest BCUT2D eigenvalue weighted by Crippen LogP contribution is -2.38. The monoisotopic (exact) mass is 312 g/mol. The van der Waals surface area contributed by atoms with Crippen molar-refractivity contribution in [1.29, 1.82) is 0 Å². The van der Waals surface area contributed by atoms with E-state index in [2.05, 4.69) is 15.5 Å². The van der Waals surface area contributed by atoms with Gasteiger partial charge in [0.2, 0.25) is 0 Å². The first kappa shape index (κ1) is 15.0. The zero-order valence-corrected chi connectivity index (χ0v) is 12.8. The maximum atomic E-state index is 12.3. The van der Waals surface area contributed by atoms with Crippen LogP contribution >= 0.6 is 23.7 Å². The Hall–Kier alpha value is -1.37. The Balaban J connectivity index is 0.00000147. The molecule has 1 fully saturated rings. The fraction of sp³-hybridized carbons (Fsp3) is 0.385. The number of carbonyl (C=O) groups is 1. The number of amides is 1. The molecule has 1 amide bonds. The molecule has 1 atom stereocenters. The van der Waals surface area contributed by atoms with Crippen LogP contribution in [0, 0.1) is 0 Å². The maximum Gasteiger partial charge on any atom is 0.274 e. The summed E-state index contributed by atoms with van der Waals surface area (Å²) < 4.78 is 0. The summed E-state index contributed by atoms with van der Waals surface area (Å²) in [6.07, 6.45) is 1.00. The Bertz CT molecular complexity index is 563. The van der Waals surface area contributed by atoms with Crippen LogP contribution in [0.5, 0.6) is 0 Å². The van der Waals surface area contributed by atoms with Gasteiger partial charge in [0.05, 0.1) is 10.6 Å². The van der Waals surface area contributed by atoms with Gasteiger partial charge in [0.25, 0.3) is 5.91 Å². The summed E-state index contributed by atoms with van der Waals surface area (Å²) in [5, 5.41) is 12.3. The summed E-state index contributed by atoms with van der Waals surface area (Å²) in [6.45, 7) is 1.84. The third kappa shape index (κ3) is 2.87. The molecule has 0 spiro atoms. The van der Waals surface area contributed by atoms with Crippen molar-refractivity contribution in [3.05, 3.63) is 29.3 Å². The first-order valence-corrected chi connectivity index (χ1v) is 7.21. The third-order valence-electron chi connectivity index (χ3n) is 3.49. The number of nitrogens with zero attached hydrogens (tertiary/aromatic N) is 2. The number of halogens is 1. The van der Waals surface area contributed by atoms with Crippen molar-refractivity contribution in [2.45, 2.75) is 12.5 Å². The summed E-state index contributed by atoms with van der Waals surface area (Å²) in [7, 11) is 1.85. The van der Waals surface area contributed by atoms with Crippen LogP contribution in [-0.4, -0.2) is 47.2 Å². The van der Waals surface area contributed by atoms with Gasteiger partial charge in [-0.3, -0.25) is 9.89 Å². The molecule has 0 aromatic carbocycles. The molecule has 2 aromatic heterocycles. The van der Waals surface area contributed by atoms with Crippen LogP contribution in [0.2, 0.25) is 0 Å². The van der Waals surface area contributed by atoms with Crippen LogP contribution in [-0.2, 0) is 0 Å². The van der Waals surface area contributed by atoms with Crippen LogP contribution in [0.4, 0.5) is 0 Å². The van der Waals surface area contributed by atoms with Crippen LogP contribution in [0.1, 0.15) is 16.9 Å². The Morgan fingerprint density at radius 2 is 2.40 bits per heavy atom. The van der Waals surface area contributed by atoms with Gasteiger partial charge >= 0.3 is 0 Å². The number of thiophene rings is 1. The molecular weight excluding hydrogens is 296 g/mol. The number of H-pyrrole nitrogens is 1. The molecule has 1 unspecified atom stereocenters. The molecule has 0 radical (unpaired) electrons. The fourth-order valence-corrected chi connectivity index (χ4v) is 3.00. The van der Waals surface area contributed by atoms with Gasteiger partial charge in [-0.1, -0.05) is 6.07 Å². The predicted octanol–water partition coefficient (Wildman–Crippen LogP) is 1.99. The molecular formula is C13H17ClN4OS. The van der Waals surface area contributed by atoms with E-state index in [9.17, 15) is 4.79 Å². The summed E-state index contributed by atoms with van der Waals surface area (Å²) >= 11 is 1.63. The van der Waals surface area contributed by atoms with E-state index in [4.69, 9.17) is 0 Å². The second kappa shape index (κ2) is 6.39. The molecule has 2 aromatic rings. The summed E-state index contributed by atoms with van der Waals surface area (Å²) in [5.41, 5.74) is 1.38. The van der Waals surface area contributed by atoms with Gasteiger partial charge in [-0.05, 0) is 30.5 Å². The van der Waals surface area contributed by atoms with E-state index < -0.39 is 0 Å². The molecule has 0 aliphatic carbocycles. The number of likely N-dealkylation sites (N-methyl/N-ethyl adjacent to an activating group) is 1. The minimum Gasteiger partial charge on any atom is -0.336 e. The molecule has 3 heterocycles. The molecule has 0 bridgehead atoms. The zero-order chi connectivity index (χ0) is 13.2. The highest BCUT2D eigenvalue weighted by Gasteiger charge is 2.25. The van der Waals surface area contributed by atoms with E-state index in [0.29, 0.717) is 5.69 Å². The predicted molar refractivity (Wildman–Crippen MR) is 82.5 cm³/mol. The molecule has 1 aliphatic heterocycles. The lowest BCUT2D eigenvalue weighted by Gasteiger charge is -2.22. The molecule has 1 aliphatic rings. The average Bonchev–Trinajstić information content (AvgIpc) is 3.16. The quantitative estimate of drug-likeness (QED) is 0.911. The minimum atomic E-state index is -0.0206. The number of aromatic amines is 1. The number of carbonyl (C=O) groups excluding carboxylic acids is 1. The number of rotatable bonds is 3. The summed E-state index contributed by atoms with van der Waals surface area (Å²) in [5.74, 6) is -0.0206. The maximum absolute atomic E-state index is 12.3. The zero-order valence-electron chi connectivity index (χ0n) is 11.1. The van der Waals surface area contributed by atoms with Crippen molar-refractivity contribution < 1.29 is 4.79 Å². The van der Waals surface area contributed by atoms with E-state index in [0.717, 1.165) is 30.1 Å². The van der Waals surface area contributed by atoms with Crippen molar-refractivity contribution in [2.75, 3.05) is 20.1 Å². The Kier molecular flexibility index (Phi) is 4.80. The van der Waals surface area contributed by atoms with E-state index >= 15 is 0 Å². The van der Waals surface area contributed by atoms with Gasteiger partial charge in [0.15, 0.2) is 5.69 Å². The standard InChI is InChI=1S/C13H16N4OS.ClH/c1-17(9-4-5-14-8-9)13(18)11-7-10(15-16-11)12-3-2-6-19-12;/h2-3,6-7,9,14H,4-5,8H2,1H3,(H,15,16);1H. The fourth-order valence-electron chi connectivity index (χ4n) is 2.31. The molecule has 1 saturated heterocycles. The Morgan fingerprint density at radius 3 is 3.05 bits per heavy atom. The topological polar surface area (TPSA) is 61.0 Å². The highest BCUT2D eigenvalue weighted by molar-refractivity contribution is 7.13. The second-order valence-corrected chi connectivity index (χ2v) is 5.65. The van der Waals surface area contributed by atoms with Gasteiger partial charge in [0, 0.05) is 19.6 Å². The van der Waals surface area contributed by atoms with Crippen LogP contribution in [0.3, 0.4) is 0 Å². The highest BCUT2D eigenvalue weighted by Crippen LogP contribution is 2.23. The number of nitrogens with one attached hydrogen (secondary N) is 2. The lowest BCUT2D eigenvalue weighted by molar-refractivity contribution is 0.0738. The molecule has 20 heavy (non-hydrogen) atoms. The Labute approximate surface area is 127 Å². The Morgan fingerprint density at radius 1 is 1.55 bits per heavy atom. The molecule has 3 rings (SSSR count). The number of hydrogen-bond donors (Lipinski definition) is 2. The van der Waals surface area contributed by atoms with E-state index in [1.165, 1.54) is 0 Å². The van der Waals surface area contributed by atoms with Crippen molar-refractivity contribution in [3.63, 3.8) is 0 Å². The first-order chi connectivity index (χ1) is 9.25. The molecule has 5 nitrogen and oxygen atoms in total. The van der Waals surface area contributed by atoms with E-state index in [-0.39, 0.29) is 24.4 Å². The molecule has 0 saturated carbocycles. The van der Waals surface area contributed by atoms with Crippen LogP contribution in [0.15, 0.2) is 23.6 Å². The van der Waals surface area contributed by atoms with Gasteiger partial charge < -0.3 is 10.2 Å². The number of aromatic nitrogens is 2. The van der Waals surface area contributed by atoms with Gasteiger partial charge in [-0.2, -0.15) is 5.10 Å². The SMILES string of the molecule is CN(C(=O)c1cc(-c2cccs2)[nH]n1)C1CCNC1.Cl. The minimum absolute atomic E-state index is 0. The smallest absolute Gasteiger partial charge is 0.274 e. The van der Waals surface area contributed by atoms with Gasteiger partial charge in [0.1, 0.15) is 0 Å². The van der Waals surface area contributed by atoms with Crippen LogP contribution in [0.25, 0.3) is 10.6 Å². The van der Waals surface area contributed by atoms with Gasteiger partial charge in [-0.15, -0.1) is 23.7 Å². The van der Waals surface area contributed by atoms with Crippen molar-refractivity contribution in [2.24, 2.45) is 0 Å². The van der Waals surface area contributed by atoms with Gasteiger partial charge in [-0.25, -0.2) is 0 Å². The van der Waals surface area contributed by atoms with Crippen molar-refractivity contribution in [3.8, 4) is 10.6 Å².